The molecule has 1 aliphatic rings. The Morgan fingerprint density at radius 2 is 1.55 bits per heavy atom. The molecule has 4 rings (SSSR count). The number of carbonyl (C=O) groups excluding carboxylic acids is 1. The lowest BCUT2D eigenvalue weighted by Gasteiger charge is -2.19. The molecule has 0 radical (unpaired) electrons. The lowest BCUT2D eigenvalue weighted by atomic mass is 10.1. The number of amides is 1. The predicted molar refractivity (Wildman–Crippen MR) is 123 cm³/mol. The smallest absolute Gasteiger partial charge is 0.270 e. The second-order valence-corrected chi connectivity index (χ2v) is 8.16. The number of rotatable bonds is 4. The number of hydrogen-bond acceptors (Lipinski definition) is 4. The Hall–Kier alpha value is -2.96. The number of thioether (sulfide) groups is 1. The summed E-state index contributed by atoms with van der Waals surface area (Å²) in [6.45, 7) is 0. The quantitative estimate of drug-likeness (QED) is 0.382. The fourth-order valence-corrected chi connectivity index (χ4v) is 4.33. The summed E-state index contributed by atoms with van der Waals surface area (Å²) in [6.07, 6.45) is 1.83. The average Bonchev–Trinajstić information content (AvgIpc) is 3.02. The van der Waals surface area contributed by atoms with Crippen LogP contribution >= 0.6 is 24.0 Å². The minimum atomic E-state index is -0.352. The molecule has 1 fully saturated rings. The van der Waals surface area contributed by atoms with Gasteiger partial charge >= 0.3 is 0 Å². The molecule has 0 aliphatic carbocycles. The maximum absolute atomic E-state index is 13.2. The first-order valence-electron chi connectivity index (χ1n) is 8.95. The third kappa shape index (κ3) is 4.09. The molecule has 1 saturated heterocycles. The molecule has 3 aromatic rings. The van der Waals surface area contributed by atoms with Gasteiger partial charge in [0.25, 0.3) is 5.91 Å². The van der Waals surface area contributed by atoms with Crippen molar-refractivity contribution in [3.05, 3.63) is 95.1 Å². The maximum atomic E-state index is 13.2. The largest absolute Gasteiger partial charge is 0.345 e. The summed E-state index contributed by atoms with van der Waals surface area (Å²) >= 11 is 6.61. The van der Waals surface area contributed by atoms with Crippen LogP contribution in [-0.2, 0) is 4.79 Å². The first-order valence-corrected chi connectivity index (χ1v) is 10.2. The summed E-state index contributed by atoms with van der Waals surface area (Å²) in [7, 11) is 2.01. The molecule has 0 unspecified atom stereocenters. The van der Waals surface area contributed by atoms with Crippen LogP contribution in [0.2, 0.25) is 0 Å². The van der Waals surface area contributed by atoms with E-state index >= 15 is 0 Å². The first kappa shape index (κ1) is 19.4. The highest BCUT2D eigenvalue weighted by Gasteiger charge is 2.33. The number of halogens is 1. The molecule has 3 nitrogen and oxygen atoms in total. The highest BCUT2D eigenvalue weighted by molar-refractivity contribution is 8.27. The lowest BCUT2D eigenvalue weighted by molar-refractivity contribution is -0.113. The number of hydrogen-bond donors (Lipinski definition) is 0. The van der Waals surface area contributed by atoms with E-state index in [0.29, 0.717) is 14.9 Å². The van der Waals surface area contributed by atoms with Crippen LogP contribution in [0.5, 0.6) is 0 Å². The summed E-state index contributed by atoms with van der Waals surface area (Å²) in [5.74, 6) is -0.549. The van der Waals surface area contributed by atoms with Gasteiger partial charge in [-0.15, -0.1) is 0 Å². The fraction of sp³-hybridized carbons (Fsp3) is 0.0435. The van der Waals surface area contributed by atoms with Crippen molar-refractivity contribution in [3.8, 4) is 0 Å². The summed E-state index contributed by atoms with van der Waals surface area (Å²) < 4.78 is 13.6. The van der Waals surface area contributed by atoms with Gasteiger partial charge in [0.05, 0.1) is 10.6 Å². The third-order valence-corrected chi connectivity index (χ3v) is 5.90. The topological polar surface area (TPSA) is 23.6 Å². The van der Waals surface area contributed by atoms with Crippen LogP contribution in [0.1, 0.15) is 5.56 Å². The Balaban J connectivity index is 1.54. The molecule has 0 spiro atoms. The van der Waals surface area contributed by atoms with E-state index in [1.54, 1.807) is 12.1 Å². The first-order chi connectivity index (χ1) is 14.0. The van der Waals surface area contributed by atoms with Gasteiger partial charge in [-0.3, -0.25) is 9.69 Å². The zero-order valence-corrected chi connectivity index (χ0v) is 17.2. The van der Waals surface area contributed by atoms with Crippen molar-refractivity contribution < 1.29 is 9.18 Å². The van der Waals surface area contributed by atoms with Crippen LogP contribution in [0.25, 0.3) is 6.08 Å². The van der Waals surface area contributed by atoms with Crippen LogP contribution in [-0.4, -0.2) is 17.3 Å². The molecular formula is C23H17FN2OS2. The van der Waals surface area contributed by atoms with Gasteiger partial charge in [-0.1, -0.05) is 54.3 Å². The zero-order valence-electron chi connectivity index (χ0n) is 15.6. The minimum Gasteiger partial charge on any atom is -0.345 e. The number of anilines is 3. The van der Waals surface area contributed by atoms with E-state index in [1.807, 2.05) is 55.6 Å². The molecule has 0 N–H and O–H groups in total. The van der Waals surface area contributed by atoms with Gasteiger partial charge in [0.15, 0.2) is 4.32 Å². The normalized spacial score (nSPS) is 15.2. The van der Waals surface area contributed by atoms with Crippen molar-refractivity contribution in [2.75, 3.05) is 16.8 Å². The van der Waals surface area contributed by atoms with Crippen LogP contribution in [0.3, 0.4) is 0 Å². The van der Waals surface area contributed by atoms with Gasteiger partial charge in [-0.25, -0.2) is 4.39 Å². The Bertz CT molecular complexity index is 1080. The molecule has 0 saturated carbocycles. The minimum absolute atomic E-state index is 0.197. The third-order valence-electron chi connectivity index (χ3n) is 4.60. The van der Waals surface area contributed by atoms with E-state index in [1.165, 1.54) is 28.8 Å². The van der Waals surface area contributed by atoms with Crippen molar-refractivity contribution >= 4 is 57.3 Å². The highest BCUT2D eigenvalue weighted by atomic mass is 32.2. The van der Waals surface area contributed by atoms with Crippen LogP contribution < -0.4 is 9.80 Å². The van der Waals surface area contributed by atoms with Crippen molar-refractivity contribution in [1.82, 2.24) is 0 Å². The predicted octanol–water partition coefficient (Wildman–Crippen LogP) is 6.00. The SMILES string of the molecule is CN(c1ccccc1)c1ccc(/C=C2/SC(=S)N(c3ccc(F)cc3)C2=O)cc1. The highest BCUT2D eigenvalue weighted by Crippen LogP contribution is 2.36. The van der Waals surface area contributed by atoms with Crippen LogP contribution in [0.4, 0.5) is 21.5 Å². The summed E-state index contributed by atoms with van der Waals surface area (Å²) in [5.41, 5.74) is 3.62. The summed E-state index contributed by atoms with van der Waals surface area (Å²) in [4.78, 5) is 16.9. The van der Waals surface area contributed by atoms with E-state index in [2.05, 4.69) is 17.0 Å². The summed E-state index contributed by atoms with van der Waals surface area (Å²) in [5, 5.41) is 0. The van der Waals surface area contributed by atoms with Crippen molar-refractivity contribution in [3.63, 3.8) is 0 Å². The molecule has 0 bridgehead atoms. The molecule has 6 heteroatoms. The standard InChI is InChI=1S/C23H17FN2OS2/c1-25(18-5-3-2-4-6-18)19-11-7-16(8-12-19)15-21-22(27)26(23(28)29-21)20-13-9-17(24)10-14-20/h2-15H,1H3/b21-15+. The van der Waals surface area contributed by atoms with Crippen molar-refractivity contribution in [2.45, 2.75) is 0 Å². The van der Waals surface area contributed by atoms with Gasteiger partial charge in [0.1, 0.15) is 5.82 Å². The molecule has 0 atom stereocenters. The Labute approximate surface area is 178 Å². The van der Waals surface area contributed by atoms with E-state index < -0.39 is 0 Å². The Morgan fingerprint density at radius 3 is 2.21 bits per heavy atom. The van der Waals surface area contributed by atoms with Crippen LogP contribution in [0, 0.1) is 5.82 Å². The Kier molecular flexibility index (Phi) is 5.47. The molecular weight excluding hydrogens is 403 g/mol. The van der Waals surface area contributed by atoms with Gasteiger partial charge < -0.3 is 4.90 Å². The second kappa shape index (κ2) is 8.19. The van der Waals surface area contributed by atoms with Gasteiger partial charge in [-0.05, 0) is 60.2 Å². The molecule has 29 heavy (non-hydrogen) atoms. The number of carbonyl (C=O) groups is 1. The molecule has 1 heterocycles. The van der Waals surface area contributed by atoms with Gasteiger partial charge in [0.2, 0.25) is 0 Å². The maximum Gasteiger partial charge on any atom is 0.270 e. The van der Waals surface area contributed by atoms with E-state index in [4.69, 9.17) is 12.2 Å². The van der Waals surface area contributed by atoms with Crippen molar-refractivity contribution in [1.29, 1.82) is 0 Å². The Morgan fingerprint density at radius 1 is 0.931 bits per heavy atom. The molecule has 1 aliphatic heterocycles. The van der Waals surface area contributed by atoms with Gasteiger partial charge in [0, 0.05) is 18.4 Å². The lowest BCUT2D eigenvalue weighted by Crippen LogP contribution is -2.27. The van der Waals surface area contributed by atoms with Gasteiger partial charge in [-0.2, -0.15) is 0 Å². The monoisotopic (exact) mass is 420 g/mol. The fourth-order valence-electron chi connectivity index (χ4n) is 3.03. The molecule has 144 valence electrons. The van der Waals surface area contributed by atoms with E-state index in [0.717, 1.165) is 16.9 Å². The molecule has 0 aromatic heterocycles. The van der Waals surface area contributed by atoms with Crippen molar-refractivity contribution in [2.24, 2.45) is 0 Å². The number of para-hydroxylation sites is 1. The summed E-state index contributed by atoms with van der Waals surface area (Å²) in [6, 6.07) is 23.8. The number of thiocarbonyl (C=S) groups is 1. The second-order valence-electron chi connectivity index (χ2n) is 6.48. The molecule has 1 amide bonds. The average molecular weight is 421 g/mol. The molecule has 3 aromatic carbocycles. The number of benzene rings is 3. The van der Waals surface area contributed by atoms with E-state index in [-0.39, 0.29) is 11.7 Å². The van der Waals surface area contributed by atoms with E-state index in [9.17, 15) is 9.18 Å². The zero-order chi connectivity index (χ0) is 20.4. The van der Waals surface area contributed by atoms with Crippen LogP contribution in [0.15, 0.2) is 83.8 Å². The number of nitrogens with zero attached hydrogens (tertiary/aromatic N) is 2.